The number of carbonyl (C=O) groups excluding carboxylic acids is 1. The normalized spacial score (nSPS) is 14.8. The number of allylic oxidation sites excluding steroid dienone is 4. The molecule has 7 heteroatoms. The summed E-state index contributed by atoms with van der Waals surface area (Å²) in [7, 11) is 0. The number of carbonyl (C=O) groups is 3. The number of aliphatic carboxylic acids is 2. The first-order valence-corrected chi connectivity index (χ1v) is 11.5. The van der Waals surface area contributed by atoms with Gasteiger partial charge in [0.2, 0.25) is 5.91 Å². The minimum Gasteiger partial charge on any atom is -0.480 e. The Morgan fingerprint density at radius 1 is 0.933 bits per heavy atom. The van der Waals surface area contributed by atoms with E-state index in [1.54, 1.807) is 0 Å². The molecular weight excluding hydrogens is 402 g/mol. The number of thioether (sulfide) groups is 1. The van der Waals surface area contributed by atoms with E-state index in [2.05, 4.69) is 52.1 Å². The van der Waals surface area contributed by atoms with Gasteiger partial charge in [0.1, 0.15) is 6.04 Å². The third kappa shape index (κ3) is 14.9. The second kappa shape index (κ2) is 15.8. The molecule has 0 fully saturated rings. The van der Waals surface area contributed by atoms with Gasteiger partial charge in [-0.25, -0.2) is 9.59 Å². The van der Waals surface area contributed by atoms with Gasteiger partial charge in [-0.2, -0.15) is 11.8 Å². The first kappa shape index (κ1) is 28.0. The van der Waals surface area contributed by atoms with Crippen LogP contribution in [0.1, 0.15) is 60.3 Å². The number of carboxylic acids is 2. The van der Waals surface area contributed by atoms with Crippen molar-refractivity contribution in [1.82, 2.24) is 5.32 Å². The van der Waals surface area contributed by atoms with Crippen molar-refractivity contribution in [3.05, 3.63) is 35.5 Å². The molecule has 0 aromatic rings. The maximum atomic E-state index is 11.6. The molecule has 0 aliphatic heterocycles. The number of carboxylic acid groups (broad SMARTS) is 2. The predicted molar refractivity (Wildman–Crippen MR) is 124 cm³/mol. The van der Waals surface area contributed by atoms with Crippen LogP contribution >= 0.6 is 11.8 Å². The second-order valence-corrected chi connectivity index (χ2v) is 9.09. The molecule has 3 N–H and O–H groups in total. The van der Waals surface area contributed by atoms with Crippen LogP contribution in [0.2, 0.25) is 0 Å². The molecule has 6 nitrogen and oxygen atoms in total. The van der Waals surface area contributed by atoms with Crippen molar-refractivity contribution >= 4 is 29.6 Å². The lowest BCUT2D eigenvalue weighted by Crippen LogP contribution is -2.42. The van der Waals surface area contributed by atoms with Crippen LogP contribution in [0.5, 0.6) is 0 Å². The van der Waals surface area contributed by atoms with Gasteiger partial charge in [-0.1, -0.05) is 37.1 Å². The van der Waals surface area contributed by atoms with E-state index >= 15 is 0 Å². The molecule has 0 radical (unpaired) electrons. The maximum Gasteiger partial charge on any atom is 0.328 e. The second-order valence-electron chi connectivity index (χ2n) is 8.01. The molecule has 170 valence electrons. The minimum atomic E-state index is -1.26. The first-order valence-electron chi connectivity index (χ1n) is 10.3. The van der Waals surface area contributed by atoms with Crippen molar-refractivity contribution in [2.24, 2.45) is 11.8 Å². The highest BCUT2D eigenvalue weighted by Crippen LogP contribution is 2.22. The molecule has 1 amide bonds. The Morgan fingerprint density at radius 3 is 2.17 bits per heavy atom. The van der Waals surface area contributed by atoms with Crippen molar-refractivity contribution in [2.45, 2.75) is 66.3 Å². The van der Waals surface area contributed by atoms with Crippen LogP contribution in [-0.2, 0) is 14.4 Å². The monoisotopic (exact) mass is 439 g/mol. The molecule has 30 heavy (non-hydrogen) atoms. The summed E-state index contributed by atoms with van der Waals surface area (Å²) in [6, 6.07) is -1.05. The zero-order chi connectivity index (χ0) is 23.1. The highest BCUT2D eigenvalue weighted by atomic mass is 32.2. The van der Waals surface area contributed by atoms with E-state index in [0.717, 1.165) is 37.5 Å². The van der Waals surface area contributed by atoms with Crippen LogP contribution in [0.15, 0.2) is 35.5 Å². The SMILES string of the molecule is CC(C)=CCC/C(C)=C/CCC(C)C(C)CSC[C@H](NC(=O)/C=C/C(=O)O)C(=O)O. The fourth-order valence-electron chi connectivity index (χ4n) is 2.65. The van der Waals surface area contributed by atoms with Gasteiger partial charge in [-0.05, 0) is 64.0 Å². The van der Waals surface area contributed by atoms with Gasteiger partial charge in [-0.3, -0.25) is 4.79 Å². The molecule has 0 aromatic carbocycles. The Kier molecular flexibility index (Phi) is 14.7. The Bertz CT molecular complexity index is 650. The molecule has 0 bridgehead atoms. The first-order chi connectivity index (χ1) is 14.0. The van der Waals surface area contributed by atoms with Gasteiger partial charge in [0.05, 0.1) is 0 Å². The highest BCUT2D eigenvalue weighted by Gasteiger charge is 2.20. The lowest BCUT2D eigenvalue weighted by atomic mass is 9.92. The van der Waals surface area contributed by atoms with Crippen molar-refractivity contribution in [1.29, 1.82) is 0 Å². The largest absolute Gasteiger partial charge is 0.480 e. The van der Waals surface area contributed by atoms with E-state index in [4.69, 9.17) is 5.11 Å². The molecule has 0 rings (SSSR count). The van der Waals surface area contributed by atoms with Gasteiger partial charge in [0, 0.05) is 17.9 Å². The van der Waals surface area contributed by atoms with Crippen LogP contribution in [0.4, 0.5) is 0 Å². The summed E-state index contributed by atoms with van der Waals surface area (Å²) >= 11 is 1.49. The molecule has 0 heterocycles. The quantitative estimate of drug-likeness (QED) is 0.253. The lowest BCUT2D eigenvalue weighted by molar-refractivity contribution is -0.140. The third-order valence-corrected chi connectivity index (χ3v) is 6.17. The van der Waals surface area contributed by atoms with Crippen LogP contribution < -0.4 is 5.32 Å². The van der Waals surface area contributed by atoms with E-state index < -0.39 is 23.9 Å². The molecule has 3 atom stereocenters. The maximum absolute atomic E-state index is 11.6. The van der Waals surface area contributed by atoms with Crippen LogP contribution in [0.3, 0.4) is 0 Å². The molecule has 0 saturated heterocycles. The Morgan fingerprint density at radius 2 is 1.60 bits per heavy atom. The summed E-state index contributed by atoms with van der Waals surface area (Å²) in [5.41, 5.74) is 2.77. The fraction of sp³-hybridized carbons (Fsp3) is 0.609. The van der Waals surface area contributed by atoms with Gasteiger partial charge in [0.15, 0.2) is 0 Å². The van der Waals surface area contributed by atoms with Gasteiger partial charge in [-0.15, -0.1) is 0 Å². The van der Waals surface area contributed by atoms with E-state index in [9.17, 15) is 19.5 Å². The van der Waals surface area contributed by atoms with Crippen molar-refractivity contribution < 1.29 is 24.6 Å². The minimum absolute atomic E-state index is 0.239. The lowest BCUT2D eigenvalue weighted by Gasteiger charge is -2.20. The number of hydrogen-bond donors (Lipinski definition) is 3. The number of nitrogens with one attached hydrogen (secondary N) is 1. The summed E-state index contributed by atoms with van der Waals surface area (Å²) in [5.74, 6) is -1.14. The van der Waals surface area contributed by atoms with Crippen molar-refractivity contribution in [3.63, 3.8) is 0 Å². The highest BCUT2D eigenvalue weighted by molar-refractivity contribution is 7.99. The number of rotatable bonds is 15. The summed E-state index contributed by atoms with van der Waals surface area (Å²) in [4.78, 5) is 33.3. The van der Waals surface area contributed by atoms with Crippen molar-refractivity contribution in [2.75, 3.05) is 11.5 Å². The van der Waals surface area contributed by atoms with Crippen LogP contribution in [0.25, 0.3) is 0 Å². The molecule has 0 spiro atoms. The van der Waals surface area contributed by atoms with Crippen LogP contribution in [-0.4, -0.2) is 45.6 Å². The fourth-order valence-corrected chi connectivity index (χ4v) is 3.94. The average molecular weight is 440 g/mol. The van der Waals surface area contributed by atoms with Gasteiger partial charge in [0.25, 0.3) is 0 Å². The van der Waals surface area contributed by atoms with E-state index in [1.807, 2.05) is 0 Å². The molecule has 0 aliphatic rings. The number of amides is 1. The molecule has 0 saturated carbocycles. The smallest absolute Gasteiger partial charge is 0.328 e. The van der Waals surface area contributed by atoms with E-state index in [1.165, 1.54) is 22.9 Å². The van der Waals surface area contributed by atoms with Crippen molar-refractivity contribution in [3.8, 4) is 0 Å². The molecule has 0 aromatic heterocycles. The summed E-state index contributed by atoms with van der Waals surface area (Å²) in [6.07, 6.45) is 10.4. The Hall–Kier alpha value is -2.02. The molecule has 2 unspecified atom stereocenters. The average Bonchev–Trinajstić information content (AvgIpc) is 2.64. The predicted octanol–water partition coefficient (Wildman–Crippen LogP) is 4.67. The number of hydrogen-bond acceptors (Lipinski definition) is 4. The molecule has 0 aliphatic carbocycles. The standard InChI is InChI=1S/C23H37NO5S/c1-16(2)8-6-9-17(3)10-7-11-18(4)19(5)14-30-15-20(23(28)29)24-21(25)12-13-22(26)27/h8,10,12-13,18-20H,6-7,9,11,14-15H2,1-5H3,(H,24,25)(H,26,27)(H,28,29)/b13-12+,17-10+/t18?,19?,20-/m0/s1. The summed E-state index contributed by atoms with van der Waals surface area (Å²) in [5, 5.41) is 20.1. The van der Waals surface area contributed by atoms with Gasteiger partial charge < -0.3 is 15.5 Å². The Balaban J connectivity index is 4.31. The molecular formula is C23H37NO5S. The van der Waals surface area contributed by atoms with E-state index in [-0.39, 0.29) is 5.75 Å². The summed E-state index contributed by atoms with van der Waals surface area (Å²) in [6.45, 7) is 10.8. The zero-order valence-electron chi connectivity index (χ0n) is 18.8. The zero-order valence-corrected chi connectivity index (χ0v) is 19.6. The third-order valence-electron chi connectivity index (χ3n) is 4.83. The topological polar surface area (TPSA) is 104 Å². The van der Waals surface area contributed by atoms with Crippen LogP contribution in [0, 0.1) is 11.8 Å². The van der Waals surface area contributed by atoms with Gasteiger partial charge >= 0.3 is 11.9 Å². The summed E-state index contributed by atoms with van der Waals surface area (Å²) < 4.78 is 0. The van der Waals surface area contributed by atoms with E-state index in [0.29, 0.717) is 17.9 Å². The Labute approximate surface area is 184 Å².